The number of benzene rings is 1. The quantitative estimate of drug-likeness (QED) is 0.758. The van der Waals surface area contributed by atoms with Gasteiger partial charge in [-0.1, -0.05) is 38.4 Å². The molecule has 0 radical (unpaired) electrons. The molecule has 2 N–H and O–H groups in total. The molecule has 0 bridgehead atoms. The Morgan fingerprint density at radius 1 is 1.33 bits per heavy atom. The number of halogens is 1. The van der Waals surface area contributed by atoms with Gasteiger partial charge in [-0.15, -0.1) is 0 Å². The third-order valence-corrected chi connectivity index (χ3v) is 4.53. The normalized spacial score (nSPS) is 16.3. The molecule has 1 unspecified atom stereocenters. The zero-order valence-corrected chi connectivity index (χ0v) is 14.4. The molecule has 1 aliphatic carbocycles. The van der Waals surface area contributed by atoms with Crippen LogP contribution in [0.15, 0.2) is 18.2 Å². The van der Waals surface area contributed by atoms with Gasteiger partial charge in [0.25, 0.3) is 0 Å². The standard InChI is InChI=1S/C18H29ClN2/c1-4-16(20)11-14-5-6-15(19)12-18(14)21(17-7-8-17)10-9-13(2)3/h5-6,12-13,16-17H,4,7-11,20H2,1-3H3. The fraction of sp³-hybridized carbons (Fsp3) is 0.667. The van der Waals surface area contributed by atoms with Crippen LogP contribution in [0.25, 0.3) is 0 Å². The van der Waals surface area contributed by atoms with Crippen LogP contribution in [0, 0.1) is 5.92 Å². The van der Waals surface area contributed by atoms with Crippen molar-refractivity contribution in [2.24, 2.45) is 11.7 Å². The van der Waals surface area contributed by atoms with Gasteiger partial charge in [0.15, 0.2) is 0 Å². The number of hydrogen-bond donors (Lipinski definition) is 1. The predicted octanol–water partition coefficient (Wildman–Crippen LogP) is 4.63. The topological polar surface area (TPSA) is 29.3 Å². The number of nitrogens with zero attached hydrogens (tertiary/aromatic N) is 1. The summed E-state index contributed by atoms with van der Waals surface area (Å²) in [5.41, 5.74) is 8.84. The van der Waals surface area contributed by atoms with Crippen molar-refractivity contribution in [3.63, 3.8) is 0 Å². The molecule has 2 nitrogen and oxygen atoms in total. The van der Waals surface area contributed by atoms with Gasteiger partial charge in [-0.2, -0.15) is 0 Å². The van der Waals surface area contributed by atoms with Gasteiger partial charge in [-0.3, -0.25) is 0 Å². The lowest BCUT2D eigenvalue weighted by Gasteiger charge is -2.29. The Labute approximate surface area is 134 Å². The lowest BCUT2D eigenvalue weighted by atomic mass is 10.0. The first kappa shape index (κ1) is 16.6. The van der Waals surface area contributed by atoms with Crippen LogP contribution in [0.3, 0.4) is 0 Å². The van der Waals surface area contributed by atoms with Gasteiger partial charge in [-0.25, -0.2) is 0 Å². The third kappa shape index (κ3) is 4.89. The Morgan fingerprint density at radius 3 is 2.62 bits per heavy atom. The highest BCUT2D eigenvalue weighted by atomic mass is 35.5. The zero-order chi connectivity index (χ0) is 15.4. The van der Waals surface area contributed by atoms with Crippen molar-refractivity contribution >= 4 is 17.3 Å². The number of nitrogens with two attached hydrogens (primary N) is 1. The van der Waals surface area contributed by atoms with Gasteiger partial charge in [0.2, 0.25) is 0 Å². The van der Waals surface area contributed by atoms with Crippen molar-refractivity contribution < 1.29 is 0 Å². The van der Waals surface area contributed by atoms with Gasteiger partial charge in [0.05, 0.1) is 0 Å². The molecule has 118 valence electrons. The van der Waals surface area contributed by atoms with Crippen molar-refractivity contribution in [2.75, 3.05) is 11.4 Å². The van der Waals surface area contributed by atoms with Crippen LogP contribution >= 0.6 is 11.6 Å². The summed E-state index contributed by atoms with van der Waals surface area (Å²) in [4.78, 5) is 2.57. The van der Waals surface area contributed by atoms with E-state index < -0.39 is 0 Å². The monoisotopic (exact) mass is 308 g/mol. The van der Waals surface area contributed by atoms with Crippen LogP contribution < -0.4 is 10.6 Å². The minimum atomic E-state index is 0.232. The van der Waals surface area contributed by atoms with E-state index in [2.05, 4.69) is 37.8 Å². The number of hydrogen-bond acceptors (Lipinski definition) is 2. The Morgan fingerprint density at radius 2 is 2.05 bits per heavy atom. The van der Waals surface area contributed by atoms with E-state index >= 15 is 0 Å². The predicted molar refractivity (Wildman–Crippen MR) is 93.2 cm³/mol. The highest BCUT2D eigenvalue weighted by Gasteiger charge is 2.30. The van der Waals surface area contributed by atoms with E-state index in [4.69, 9.17) is 17.3 Å². The summed E-state index contributed by atoms with van der Waals surface area (Å²) in [6, 6.07) is 7.24. The van der Waals surface area contributed by atoms with Crippen LogP contribution in [0.5, 0.6) is 0 Å². The van der Waals surface area contributed by atoms with Gasteiger partial charge < -0.3 is 10.6 Å². The molecule has 21 heavy (non-hydrogen) atoms. The first-order valence-corrected chi connectivity index (χ1v) is 8.69. The number of anilines is 1. The average molecular weight is 309 g/mol. The summed E-state index contributed by atoms with van der Waals surface area (Å²) in [6.07, 6.45) is 5.79. The summed E-state index contributed by atoms with van der Waals surface area (Å²) in [6.45, 7) is 7.85. The lowest BCUT2D eigenvalue weighted by Crippen LogP contribution is -2.30. The SMILES string of the molecule is CCC(N)Cc1ccc(Cl)cc1N(CCC(C)C)C1CC1. The Balaban J connectivity index is 2.22. The summed E-state index contributed by atoms with van der Waals surface area (Å²) in [5.74, 6) is 0.729. The molecule has 3 heteroatoms. The lowest BCUT2D eigenvalue weighted by molar-refractivity contribution is 0.568. The molecule has 0 heterocycles. The molecule has 0 spiro atoms. The first-order chi connectivity index (χ1) is 10.0. The van der Waals surface area contributed by atoms with Crippen LogP contribution in [-0.4, -0.2) is 18.6 Å². The molecule has 1 fully saturated rings. The fourth-order valence-electron chi connectivity index (χ4n) is 2.69. The van der Waals surface area contributed by atoms with Gasteiger partial charge in [0, 0.05) is 29.3 Å². The van der Waals surface area contributed by atoms with Crippen LogP contribution in [0.2, 0.25) is 5.02 Å². The third-order valence-electron chi connectivity index (χ3n) is 4.30. The maximum atomic E-state index is 6.26. The number of rotatable bonds is 8. The fourth-order valence-corrected chi connectivity index (χ4v) is 2.85. The molecule has 1 aromatic rings. The van der Waals surface area contributed by atoms with E-state index in [0.717, 1.165) is 30.3 Å². The van der Waals surface area contributed by atoms with E-state index in [1.54, 1.807) is 0 Å². The first-order valence-electron chi connectivity index (χ1n) is 8.31. The van der Waals surface area contributed by atoms with Crippen molar-refractivity contribution in [1.29, 1.82) is 0 Å². The molecular formula is C18H29ClN2. The molecule has 2 rings (SSSR count). The summed E-state index contributed by atoms with van der Waals surface area (Å²) < 4.78 is 0. The summed E-state index contributed by atoms with van der Waals surface area (Å²) in [5, 5.41) is 0.828. The van der Waals surface area contributed by atoms with Crippen molar-refractivity contribution in [3.8, 4) is 0 Å². The van der Waals surface area contributed by atoms with Crippen molar-refractivity contribution in [2.45, 2.75) is 65.0 Å². The highest BCUT2D eigenvalue weighted by molar-refractivity contribution is 6.30. The summed E-state index contributed by atoms with van der Waals surface area (Å²) in [7, 11) is 0. The molecule has 0 saturated heterocycles. The molecule has 1 aliphatic rings. The zero-order valence-electron chi connectivity index (χ0n) is 13.6. The second-order valence-electron chi connectivity index (χ2n) is 6.75. The van der Waals surface area contributed by atoms with Crippen LogP contribution in [0.1, 0.15) is 52.0 Å². The molecule has 0 amide bonds. The molecular weight excluding hydrogens is 280 g/mol. The maximum Gasteiger partial charge on any atom is 0.0426 e. The minimum Gasteiger partial charge on any atom is -0.368 e. The minimum absolute atomic E-state index is 0.232. The average Bonchev–Trinajstić information content (AvgIpc) is 3.26. The van der Waals surface area contributed by atoms with Crippen molar-refractivity contribution in [1.82, 2.24) is 0 Å². The highest BCUT2D eigenvalue weighted by Crippen LogP contribution is 2.36. The summed E-state index contributed by atoms with van der Waals surface area (Å²) >= 11 is 6.26. The van der Waals surface area contributed by atoms with Gasteiger partial charge in [0.1, 0.15) is 0 Å². The van der Waals surface area contributed by atoms with Crippen molar-refractivity contribution in [3.05, 3.63) is 28.8 Å². The molecule has 0 aliphatic heterocycles. The molecule has 0 aromatic heterocycles. The second kappa shape index (κ2) is 7.51. The van der Waals surface area contributed by atoms with E-state index in [1.807, 2.05) is 6.07 Å². The smallest absolute Gasteiger partial charge is 0.0426 e. The Bertz CT molecular complexity index is 455. The van der Waals surface area contributed by atoms with Gasteiger partial charge in [-0.05, 0) is 55.7 Å². The second-order valence-corrected chi connectivity index (χ2v) is 7.19. The largest absolute Gasteiger partial charge is 0.368 e. The molecule has 1 aromatic carbocycles. The van der Waals surface area contributed by atoms with E-state index in [0.29, 0.717) is 6.04 Å². The van der Waals surface area contributed by atoms with E-state index in [1.165, 1.54) is 30.5 Å². The Kier molecular flexibility index (Phi) is 5.95. The molecule has 1 saturated carbocycles. The van der Waals surface area contributed by atoms with Gasteiger partial charge >= 0.3 is 0 Å². The van der Waals surface area contributed by atoms with Crippen LogP contribution in [0.4, 0.5) is 5.69 Å². The molecule has 1 atom stereocenters. The van der Waals surface area contributed by atoms with Crippen LogP contribution in [-0.2, 0) is 6.42 Å². The maximum absolute atomic E-state index is 6.26. The van der Waals surface area contributed by atoms with E-state index in [-0.39, 0.29) is 6.04 Å². The Hall–Kier alpha value is -0.730. The van der Waals surface area contributed by atoms with E-state index in [9.17, 15) is 0 Å².